The van der Waals surface area contributed by atoms with Gasteiger partial charge in [0.2, 0.25) is 0 Å². The summed E-state index contributed by atoms with van der Waals surface area (Å²) in [5.41, 5.74) is 3.16. The van der Waals surface area contributed by atoms with E-state index in [0.29, 0.717) is 11.5 Å². The number of carbonyl (C=O) groups is 1. The Morgan fingerprint density at radius 2 is 1.84 bits per heavy atom. The highest BCUT2D eigenvalue weighted by molar-refractivity contribution is 8.18. The maximum Gasteiger partial charge on any atom is 0.286 e. The summed E-state index contributed by atoms with van der Waals surface area (Å²) >= 11 is 7.72. The molecule has 1 fully saturated rings. The van der Waals surface area contributed by atoms with Gasteiger partial charge in [-0.2, -0.15) is 4.99 Å². The molecule has 31 heavy (non-hydrogen) atoms. The Morgan fingerprint density at radius 3 is 2.52 bits per heavy atom. The fourth-order valence-electron chi connectivity index (χ4n) is 3.43. The number of rotatable bonds is 5. The van der Waals surface area contributed by atoms with Crippen molar-refractivity contribution in [2.24, 2.45) is 4.99 Å². The first-order chi connectivity index (χ1) is 15.0. The summed E-state index contributed by atoms with van der Waals surface area (Å²) in [4.78, 5) is 21.9. The minimum atomic E-state index is -0.181. The van der Waals surface area contributed by atoms with Crippen LogP contribution in [0.3, 0.4) is 0 Å². The third-order valence-electron chi connectivity index (χ3n) is 5.23. The lowest BCUT2D eigenvalue weighted by Crippen LogP contribution is -2.47. The standard InChI is InChI=1S/C24H24ClN3O2S/c1-3-14-30-20-8-5-18(6-9-20)15-22-23(29)26-24(31-22)28-12-10-27(11-13-28)19-7-4-17(2)21(25)16-19/h3-9,15-16H,1,10-14H2,2H3/b22-15-. The fourth-order valence-corrected chi connectivity index (χ4v) is 4.57. The van der Waals surface area contributed by atoms with E-state index in [1.807, 2.05) is 43.3 Å². The molecular formula is C24H24ClN3O2S. The molecule has 0 atom stereocenters. The molecule has 7 heteroatoms. The number of aliphatic imine (C=N–C) groups is 1. The van der Waals surface area contributed by atoms with Gasteiger partial charge in [0.05, 0.1) is 4.91 Å². The molecule has 0 saturated carbocycles. The molecule has 2 aromatic rings. The van der Waals surface area contributed by atoms with E-state index in [-0.39, 0.29) is 5.91 Å². The van der Waals surface area contributed by atoms with E-state index in [1.165, 1.54) is 11.8 Å². The number of amidine groups is 1. The van der Waals surface area contributed by atoms with E-state index in [2.05, 4.69) is 33.5 Å². The van der Waals surface area contributed by atoms with Crippen LogP contribution in [0.25, 0.3) is 6.08 Å². The summed E-state index contributed by atoms with van der Waals surface area (Å²) in [6.45, 7) is 9.46. The van der Waals surface area contributed by atoms with Crippen LogP contribution in [0.15, 0.2) is 65.0 Å². The second kappa shape index (κ2) is 9.62. The molecule has 160 valence electrons. The van der Waals surface area contributed by atoms with Crippen LogP contribution in [0.1, 0.15) is 11.1 Å². The smallest absolute Gasteiger partial charge is 0.286 e. The molecule has 1 saturated heterocycles. The number of halogens is 1. The highest BCUT2D eigenvalue weighted by Crippen LogP contribution is 2.32. The van der Waals surface area contributed by atoms with Crippen LogP contribution in [0, 0.1) is 6.92 Å². The average molecular weight is 454 g/mol. The van der Waals surface area contributed by atoms with Gasteiger partial charge in [0.1, 0.15) is 12.4 Å². The molecule has 2 aliphatic rings. The van der Waals surface area contributed by atoms with E-state index in [9.17, 15) is 4.79 Å². The Hall–Kier alpha value is -2.70. The number of nitrogens with zero attached hydrogens (tertiary/aromatic N) is 3. The number of anilines is 1. The number of amides is 1. The van der Waals surface area contributed by atoms with Gasteiger partial charge in [-0.05, 0) is 60.2 Å². The maximum absolute atomic E-state index is 12.4. The van der Waals surface area contributed by atoms with Crippen molar-refractivity contribution in [3.05, 3.63) is 76.2 Å². The van der Waals surface area contributed by atoms with Crippen molar-refractivity contribution in [2.75, 3.05) is 37.7 Å². The van der Waals surface area contributed by atoms with Gasteiger partial charge < -0.3 is 14.5 Å². The third-order valence-corrected chi connectivity index (χ3v) is 6.68. The van der Waals surface area contributed by atoms with Gasteiger partial charge in [-0.1, -0.05) is 42.5 Å². The van der Waals surface area contributed by atoms with E-state index >= 15 is 0 Å². The van der Waals surface area contributed by atoms with Gasteiger partial charge in [-0.25, -0.2) is 0 Å². The lowest BCUT2D eigenvalue weighted by atomic mass is 10.2. The number of thioether (sulfide) groups is 1. The number of hydrogen-bond donors (Lipinski definition) is 0. The van der Waals surface area contributed by atoms with Gasteiger partial charge in [0.25, 0.3) is 5.91 Å². The highest BCUT2D eigenvalue weighted by Gasteiger charge is 2.28. The molecule has 2 heterocycles. The van der Waals surface area contributed by atoms with Gasteiger partial charge in [0, 0.05) is 36.9 Å². The van der Waals surface area contributed by atoms with Crippen molar-refractivity contribution >= 4 is 46.2 Å². The first-order valence-corrected chi connectivity index (χ1v) is 11.4. The van der Waals surface area contributed by atoms with Gasteiger partial charge >= 0.3 is 0 Å². The van der Waals surface area contributed by atoms with Crippen LogP contribution in [0.5, 0.6) is 5.75 Å². The van der Waals surface area contributed by atoms with E-state index < -0.39 is 0 Å². The van der Waals surface area contributed by atoms with Crippen molar-refractivity contribution in [3.8, 4) is 5.75 Å². The number of aryl methyl sites for hydroxylation is 1. The number of carbonyl (C=O) groups excluding carboxylic acids is 1. The lowest BCUT2D eigenvalue weighted by molar-refractivity contribution is -0.113. The molecule has 5 nitrogen and oxygen atoms in total. The zero-order chi connectivity index (χ0) is 21.8. The summed E-state index contributed by atoms with van der Waals surface area (Å²) in [6.07, 6.45) is 3.59. The Kier molecular flexibility index (Phi) is 6.68. The predicted octanol–water partition coefficient (Wildman–Crippen LogP) is 5.01. The quantitative estimate of drug-likeness (QED) is 0.470. The molecule has 0 radical (unpaired) electrons. The molecule has 0 aromatic heterocycles. The van der Waals surface area contributed by atoms with Gasteiger partial charge in [-0.15, -0.1) is 0 Å². The van der Waals surface area contributed by atoms with E-state index in [0.717, 1.165) is 58.9 Å². The van der Waals surface area contributed by atoms with E-state index in [1.54, 1.807) is 6.08 Å². The van der Waals surface area contributed by atoms with Crippen molar-refractivity contribution < 1.29 is 9.53 Å². The molecule has 4 rings (SSSR count). The topological polar surface area (TPSA) is 45.1 Å². The van der Waals surface area contributed by atoms with Crippen LogP contribution >= 0.6 is 23.4 Å². The Labute approximate surface area is 192 Å². The summed E-state index contributed by atoms with van der Waals surface area (Å²) in [6, 6.07) is 13.8. The van der Waals surface area contributed by atoms with Crippen molar-refractivity contribution in [3.63, 3.8) is 0 Å². The third kappa shape index (κ3) is 5.14. The first kappa shape index (κ1) is 21.5. The normalized spacial score (nSPS) is 17.8. The average Bonchev–Trinajstić information content (AvgIpc) is 3.15. The minimum absolute atomic E-state index is 0.181. The molecule has 1 amide bonds. The van der Waals surface area contributed by atoms with E-state index in [4.69, 9.17) is 16.3 Å². The van der Waals surface area contributed by atoms with Gasteiger partial charge in [-0.3, -0.25) is 4.79 Å². The lowest BCUT2D eigenvalue weighted by Gasteiger charge is -2.36. The molecule has 0 aliphatic carbocycles. The van der Waals surface area contributed by atoms with Crippen molar-refractivity contribution in [1.29, 1.82) is 0 Å². The number of benzene rings is 2. The summed E-state index contributed by atoms with van der Waals surface area (Å²) in [5, 5.41) is 1.57. The minimum Gasteiger partial charge on any atom is -0.490 e. The molecule has 2 aliphatic heterocycles. The zero-order valence-electron chi connectivity index (χ0n) is 17.4. The van der Waals surface area contributed by atoms with Crippen LogP contribution in [0.2, 0.25) is 5.02 Å². The Balaban J connectivity index is 1.36. The van der Waals surface area contributed by atoms with Crippen molar-refractivity contribution in [1.82, 2.24) is 4.90 Å². The zero-order valence-corrected chi connectivity index (χ0v) is 19.0. The molecule has 2 aromatic carbocycles. The SMILES string of the molecule is C=CCOc1ccc(/C=C2\SC(N3CCN(c4ccc(C)c(Cl)c4)CC3)=NC2=O)cc1. The largest absolute Gasteiger partial charge is 0.490 e. The monoisotopic (exact) mass is 453 g/mol. The molecule has 0 spiro atoms. The Morgan fingerprint density at radius 1 is 1.13 bits per heavy atom. The van der Waals surface area contributed by atoms with Crippen LogP contribution in [-0.2, 0) is 4.79 Å². The summed E-state index contributed by atoms with van der Waals surface area (Å²) in [5.74, 6) is 0.594. The highest BCUT2D eigenvalue weighted by atomic mass is 35.5. The van der Waals surface area contributed by atoms with Gasteiger partial charge in [0.15, 0.2) is 5.17 Å². The van der Waals surface area contributed by atoms with Crippen LogP contribution in [0.4, 0.5) is 5.69 Å². The van der Waals surface area contributed by atoms with Crippen molar-refractivity contribution in [2.45, 2.75) is 6.92 Å². The van der Waals surface area contributed by atoms with Crippen LogP contribution in [-0.4, -0.2) is 48.8 Å². The molecule has 0 bridgehead atoms. The maximum atomic E-state index is 12.4. The number of piperazine rings is 1. The molecule has 0 unspecified atom stereocenters. The molecular weight excluding hydrogens is 430 g/mol. The molecule has 0 N–H and O–H groups in total. The second-order valence-electron chi connectivity index (χ2n) is 7.39. The second-order valence-corrected chi connectivity index (χ2v) is 8.80. The van der Waals surface area contributed by atoms with Crippen LogP contribution < -0.4 is 9.64 Å². The predicted molar refractivity (Wildman–Crippen MR) is 130 cm³/mol. The fraction of sp³-hybridized carbons (Fsp3) is 0.250. The Bertz CT molecular complexity index is 1040. The number of hydrogen-bond acceptors (Lipinski definition) is 5. The summed E-state index contributed by atoms with van der Waals surface area (Å²) in [7, 11) is 0. The first-order valence-electron chi connectivity index (χ1n) is 10.2. The number of ether oxygens (including phenoxy) is 1. The summed E-state index contributed by atoms with van der Waals surface area (Å²) < 4.78 is 5.50.